The summed E-state index contributed by atoms with van der Waals surface area (Å²) in [6, 6.07) is 6.80. The predicted octanol–water partition coefficient (Wildman–Crippen LogP) is 1.53. The minimum Gasteiger partial charge on any atom is -0.466 e. The van der Waals surface area contributed by atoms with Crippen LogP contribution >= 0.6 is 11.8 Å². The van der Waals surface area contributed by atoms with Crippen LogP contribution in [0.15, 0.2) is 34.2 Å². The van der Waals surface area contributed by atoms with Crippen LogP contribution in [0.3, 0.4) is 0 Å². The number of rotatable bonds is 8. The van der Waals surface area contributed by atoms with Gasteiger partial charge in [-0.3, -0.25) is 24.2 Å². The van der Waals surface area contributed by atoms with Crippen LogP contribution in [-0.4, -0.2) is 40.0 Å². The van der Waals surface area contributed by atoms with Crippen LogP contribution in [0, 0.1) is 6.92 Å². The molecule has 0 unspecified atom stereocenters. The Morgan fingerprint density at radius 1 is 1.25 bits per heavy atom. The van der Waals surface area contributed by atoms with E-state index in [4.69, 9.17) is 10.5 Å². The van der Waals surface area contributed by atoms with Gasteiger partial charge in [0.2, 0.25) is 0 Å². The number of anilines is 2. The number of Topliss-reactive ketones (excluding diaryl/α,β-unsaturated/α-hetero) is 1. The molecule has 0 saturated carbocycles. The number of nitrogens with two attached hydrogens (primary N) is 1. The fraction of sp³-hybridized carbons (Fsp3) is 0.278. The number of carbonyl (C=O) groups excluding carboxylic acids is 3. The van der Waals surface area contributed by atoms with Gasteiger partial charge in [0.1, 0.15) is 12.1 Å². The Labute approximate surface area is 165 Å². The minimum atomic E-state index is -0.645. The van der Waals surface area contributed by atoms with Crippen LogP contribution in [0.4, 0.5) is 11.5 Å². The number of nitrogen functional groups attached to an aromatic ring is 1. The van der Waals surface area contributed by atoms with Crippen molar-refractivity contribution >= 4 is 40.9 Å². The molecule has 0 spiro atoms. The number of thioether (sulfide) groups is 1. The lowest BCUT2D eigenvalue weighted by molar-refractivity contribution is -0.145. The van der Waals surface area contributed by atoms with Crippen LogP contribution < -0.4 is 16.6 Å². The summed E-state index contributed by atoms with van der Waals surface area (Å²) in [5, 5.41) is 2.54. The van der Waals surface area contributed by atoms with Gasteiger partial charge >= 0.3 is 5.97 Å². The first kappa shape index (κ1) is 21.2. The Bertz CT molecular complexity index is 940. The monoisotopic (exact) mass is 404 g/mol. The van der Waals surface area contributed by atoms with E-state index in [9.17, 15) is 19.2 Å². The van der Waals surface area contributed by atoms with E-state index < -0.39 is 17.4 Å². The summed E-state index contributed by atoms with van der Waals surface area (Å²) in [4.78, 5) is 53.9. The molecule has 0 fully saturated rings. The molecule has 0 saturated heterocycles. The largest absolute Gasteiger partial charge is 0.466 e. The molecular weight excluding hydrogens is 384 g/mol. The van der Waals surface area contributed by atoms with E-state index in [1.54, 1.807) is 31.2 Å². The van der Waals surface area contributed by atoms with Gasteiger partial charge < -0.3 is 15.8 Å². The van der Waals surface area contributed by atoms with Crippen LogP contribution in [-0.2, 0) is 14.3 Å². The lowest BCUT2D eigenvalue weighted by atomic mass is 10.1. The molecule has 2 rings (SSSR count). The Kier molecular flexibility index (Phi) is 7.33. The predicted molar refractivity (Wildman–Crippen MR) is 105 cm³/mol. The summed E-state index contributed by atoms with van der Waals surface area (Å²) in [6.45, 7) is 3.73. The van der Waals surface area contributed by atoms with Crippen molar-refractivity contribution in [3.8, 4) is 0 Å². The molecule has 1 amide bonds. The Morgan fingerprint density at radius 2 is 1.93 bits per heavy atom. The maximum absolute atomic E-state index is 12.2. The molecule has 28 heavy (non-hydrogen) atoms. The van der Waals surface area contributed by atoms with Crippen molar-refractivity contribution in [2.75, 3.05) is 23.4 Å². The third-order valence-electron chi connectivity index (χ3n) is 3.49. The molecule has 2 aromatic rings. The first-order valence-corrected chi connectivity index (χ1v) is 9.36. The fourth-order valence-corrected chi connectivity index (χ4v) is 2.85. The summed E-state index contributed by atoms with van der Waals surface area (Å²) < 4.78 is 4.70. The van der Waals surface area contributed by atoms with Gasteiger partial charge in [-0.1, -0.05) is 29.5 Å². The second-order valence-corrected chi connectivity index (χ2v) is 6.72. The van der Waals surface area contributed by atoms with Crippen LogP contribution in [0.25, 0.3) is 0 Å². The maximum atomic E-state index is 12.2. The number of amides is 1. The highest BCUT2D eigenvalue weighted by Gasteiger charge is 2.16. The van der Waals surface area contributed by atoms with Gasteiger partial charge in [-0.05, 0) is 26.0 Å². The molecule has 148 valence electrons. The summed E-state index contributed by atoms with van der Waals surface area (Å²) >= 11 is 0.926. The topological polar surface area (TPSA) is 144 Å². The third-order valence-corrected chi connectivity index (χ3v) is 4.43. The highest BCUT2D eigenvalue weighted by Crippen LogP contribution is 2.18. The smallest absolute Gasteiger partial charge is 0.313 e. The summed E-state index contributed by atoms with van der Waals surface area (Å²) in [5.41, 5.74) is 6.33. The number of H-pyrrole nitrogens is 1. The number of carbonyl (C=O) groups is 3. The first-order chi connectivity index (χ1) is 13.3. The molecule has 0 atom stereocenters. The van der Waals surface area contributed by atoms with E-state index in [1.165, 1.54) is 0 Å². The third kappa shape index (κ3) is 5.95. The number of hydrogen-bond acceptors (Lipinski definition) is 8. The summed E-state index contributed by atoms with van der Waals surface area (Å²) in [6.07, 6.45) is -0.356. The summed E-state index contributed by atoms with van der Waals surface area (Å²) in [5.74, 6) is -1.74. The number of esters is 1. The van der Waals surface area contributed by atoms with Gasteiger partial charge in [0.15, 0.2) is 16.8 Å². The lowest BCUT2D eigenvalue weighted by Gasteiger charge is -2.08. The van der Waals surface area contributed by atoms with Gasteiger partial charge in [-0.15, -0.1) is 0 Å². The van der Waals surface area contributed by atoms with Crippen molar-refractivity contribution in [2.45, 2.75) is 25.4 Å². The van der Waals surface area contributed by atoms with Crippen molar-refractivity contribution < 1.29 is 19.1 Å². The van der Waals surface area contributed by atoms with Crippen LogP contribution in [0.2, 0.25) is 0 Å². The SMILES string of the molecule is CCOC(=O)CC(=O)CSc1nc(N)c(NC(=O)c2ccc(C)cc2)c(=O)[nH]1. The van der Waals surface area contributed by atoms with Crippen molar-refractivity contribution in [2.24, 2.45) is 0 Å². The molecule has 1 aromatic carbocycles. The zero-order valence-corrected chi connectivity index (χ0v) is 16.2. The van der Waals surface area contributed by atoms with Crippen molar-refractivity contribution in [3.63, 3.8) is 0 Å². The normalized spacial score (nSPS) is 10.4. The average Bonchev–Trinajstić information content (AvgIpc) is 2.63. The van der Waals surface area contributed by atoms with Crippen LogP contribution in [0.1, 0.15) is 29.3 Å². The van der Waals surface area contributed by atoms with E-state index in [-0.39, 0.29) is 41.2 Å². The van der Waals surface area contributed by atoms with E-state index >= 15 is 0 Å². The highest BCUT2D eigenvalue weighted by molar-refractivity contribution is 7.99. The number of ether oxygens (including phenoxy) is 1. The maximum Gasteiger partial charge on any atom is 0.313 e. The lowest BCUT2D eigenvalue weighted by Crippen LogP contribution is -2.23. The molecule has 0 aliphatic carbocycles. The number of nitrogens with one attached hydrogen (secondary N) is 2. The van der Waals surface area contributed by atoms with Gasteiger partial charge in [0.25, 0.3) is 11.5 Å². The number of hydrogen-bond donors (Lipinski definition) is 3. The molecular formula is C18H20N4O5S. The Morgan fingerprint density at radius 3 is 2.54 bits per heavy atom. The average molecular weight is 404 g/mol. The number of ketones is 1. The molecule has 0 bridgehead atoms. The van der Waals surface area contributed by atoms with Gasteiger partial charge in [0, 0.05) is 5.56 Å². The molecule has 0 aliphatic rings. The van der Waals surface area contributed by atoms with E-state index in [2.05, 4.69) is 15.3 Å². The van der Waals surface area contributed by atoms with Crippen molar-refractivity contribution in [1.29, 1.82) is 0 Å². The zero-order valence-electron chi connectivity index (χ0n) is 15.4. The van der Waals surface area contributed by atoms with Gasteiger partial charge in [-0.2, -0.15) is 0 Å². The van der Waals surface area contributed by atoms with Gasteiger partial charge in [0.05, 0.1) is 12.4 Å². The van der Waals surface area contributed by atoms with Crippen molar-refractivity contribution in [3.05, 3.63) is 45.7 Å². The van der Waals surface area contributed by atoms with E-state index in [0.29, 0.717) is 5.56 Å². The molecule has 0 radical (unpaired) electrons. The highest BCUT2D eigenvalue weighted by atomic mass is 32.2. The number of aryl methyl sites for hydroxylation is 1. The van der Waals surface area contributed by atoms with Gasteiger partial charge in [-0.25, -0.2) is 4.98 Å². The number of aromatic amines is 1. The number of nitrogens with zero attached hydrogens (tertiary/aromatic N) is 1. The first-order valence-electron chi connectivity index (χ1n) is 8.38. The quantitative estimate of drug-likeness (QED) is 0.260. The zero-order chi connectivity index (χ0) is 20.7. The van der Waals surface area contributed by atoms with E-state index in [1.807, 2.05) is 6.92 Å². The Hall–Kier alpha value is -3.14. The summed E-state index contributed by atoms with van der Waals surface area (Å²) in [7, 11) is 0. The standard InChI is InChI=1S/C18H20N4O5S/c1-3-27-13(24)8-12(23)9-28-18-21-15(19)14(17(26)22-18)20-16(25)11-6-4-10(2)5-7-11/h4-7H,3,8-9H2,1-2H3,(H,20,25)(H3,19,21,22,26). The number of aromatic nitrogens is 2. The second-order valence-electron chi connectivity index (χ2n) is 5.76. The molecule has 1 aromatic heterocycles. The molecule has 10 heteroatoms. The molecule has 0 aliphatic heterocycles. The Balaban J connectivity index is 2.03. The second kappa shape index (κ2) is 9.70. The van der Waals surface area contributed by atoms with E-state index in [0.717, 1.165) is 17.3 Å². The fourth-order valence-electron chi connectivity index (χ4n) is 2.12. The van der Waals surface area contributed by atoms with Crippen LogP contribution in [0.5, 0.6) is 0 Å². The molecule has 4 N–H and O–H groups in total. The minimum absolute atomic E-state index is 0.0870. The van der Waals surface area contributed by atoms with Crippen molar-refractivity contribution in [1.82, 2.24) is 9.97 Å². The number of benzene rings is 1. The molecule has 1 heterocycles. The molecule has 9 nitrogen and oxygen atoms in total.